The zero-order valence-electron chi connectivity index (χ0n) is 29.6. The molecule has 2 fully saturated rings. The minimum absolute atomic E-state index is 0.0193. The molecule has 1 aromatic heterocycles. The number of aromatic nitrogens is 1. The third kappa shape index (κ3) is 8.69. The zero-order valence-corrected chi connectivity index (χ0v) is 29.6. The average Bonchev–Trinajstić information content (AvgIpc) is 3.63. The van der Waals surface area contributed by atoms with E-state index in [0.717, 1.165) is 32.1 Å². The van der Waals surface area contributed by atoms with Crippen LogP contribution in [0.1, 0.15) is 89.9 Å². The van der Waals surface area contributed by atoms with Crippen molar-refractivity contribution in [3.05, 3.63) is 66.1 Å². The molecule has 0 radical (unpaired) electrons. The number of halogens is 1. The number of likely N-dealkylation sites (tertiary alicyclic amines) is 1. The molecule has 10 heteroatoms. The highest BCUT2D eigenvalue weighted by molar-refractivity contribution is 6.07. The summed E-state index contributed by atoms with van der Waals surface area (Å²) in [4.78, 5) is 57.2. The van der Waals surface area contributed by atoms with Gasteiger partial charge in [-0.2, -0.15) is 0 Å². The minimum atomic E-state index is -0.770. The zero-order chi connectivity index (χ0) is 35.5. The molecule has 0 spiro atoms. The van der Waals surface area contributed by atoms with Crippen molar-refractivity contribution in [1.29, 1.82) is 0 Å². The summed E-state index contributed by atoms with van der Waals surface area (Å²) >= 11 is 0. The van der Waals surface area contributed by atoms with Crippen LogP contribution >= 0.6 is 0 Å². The number of hydrogen-bond acceptors (Lipinski definition) is 6. The molecule has 2 amide bonds. The third-order valence-electron chi connectivity index (χ3n) is 10.0. The fourth-order valence-electron chi connectivity index (χ4n) is 7.32. The van der Waals surface area contributed by atoms with E-state index in [2.05, 4.69) is 0 Å². The van der Waals surface area contributed by atoms with Crippen LogP contribution in [0.2, 0.25) is 0 Å². The van der Waals surface area contributed by atoms with Crippen LogP contribution in [0.4, 0.5) is 9.18 Å². The number of fused-ring (bicyclic) bond motifs is 1. The molecule has 0 unspecified atom stereocenters. The molecule has 0 bridgehead atoms. The highest BCUT2D eigenvalue weighted by atomic mass is 19.1. The summed E-state index contributed by atoms with van der Waals surface area (Å²) in [6.07, 6.45) is 6.25. The summed E-state index contributed by atoms with van der Waals surface area (Å²) in [6.45, 7) is 9.20. The lowest BCUT2D eigenvalue weighted by Crippen LogP contribution is -2.47. The number of benzene rings is 2. The lowest BCUT2D eigenvalue weighted by atomic mass is 9.76. The number of rotatable bonds is 11. The number of Topliss-reactive ketones (excluding diaryl/α,β-unsaturated/α-hetero) is 2. The van der Waals surface area contributed by atoms with Crippen LogP contribution in [-0.2, 0) is 20.9 Å². The first-order valence-electron chi connectivity index (χ1n) is 17.5. The molecule has 2 aromatic carbocycles. The molecule has 1 saturated carbocycles. The maximum absolute atomic E-state index is 14.8. The van der Waals surface area contributed by atoms with Crippen molar-refractivity contribution in [1.82, 2.24) is 14.4 Å². The molecule has 264 valence electrons. The van der Waals surface area contributed by atoms with Gasteiger partial charge in [-0.3, -0.25) is 14.4 Å². The second-order valence-corrected chi connectivity index (χ2v) is 14.8. The molecule has 9 nitrogen and oxygen atoms in total. The largest absolute Gasteiger partial charge is 0.489 e. The molecule has 1 saturated heterocycles. The normalized spacial score (nSPS) is 19.8. The van der Waals surface area contributed by atoms with Crippen LogP contribution in [-0.4, -0.2) is 75.3 Å². The van der Waals surface area contributed by atoms with Crippen molar-refractivity contribution in [2.24, 2.45) is 11.8 Å². The Morgan fingerprint density at radius 3 is 2.37 bits per heavy atom. The fourth-order valence-corrected chi connectivity index (χ4v) is 7.32. The summed E-state index contributed by atoms with van der Waals surface area (Å²) < 4.78 is 28.1. The lowest BCUT2D eigenvalue weighted by molar-refractivity contribution is -0.142. The first-order valence-corrected chi connectivity index (χ1v) is 17.5. The SMILES string of the molecule is CC(=O)c1cn(C[C@@H]2C[C@H](Oc3ccccc3)CN2C(=O)[C@@H](CC(=O)[C@H](C)N(C)C(=O)OC(C)(C)C)C2CCCCC2)c2ccc(F)cc12. The van der Waals surface area contributed by atoms with E-state index in [1.807, 2.05) is 39.8 Å². The molecule has 2 heterocycles. The smallest absolute Gasteiger partial charge is 0.410 e. The van der Waals surface area contributed by atoms with Gasteiger partial charge in [-0.15, -0.1) is 0 Å². The fraction of sp³-hybridized carbons (Fsp3) is 0.538. The van der Waals surface area contributed by atoms with E-state index in [1.165, 1.54) is 24.0 Å². The van der Waals surface area contributed by atoms with Crippen LogP contribution in [0.3, 0.4) is 0 Å². The van der Waals surface area contributed by atoms with E-state index in [-0.39, 0.29) is 42.0 Å². The first kappa shape index (κ1) is 36.1. The van der Waals surface area contributed by atoms with Gasteiger partial charge in [0, 0.05) is 55.0 Å². The van der Waals surface area contributed by atoms with Gasteiger partial charge in [0.1, 0.15) is 23.3 Å². The molecule has 2 aliphatic rings. The Bertz CT molecular complexity index is 1660. The van der Waals surface area contributed by atoms with Gasteiger partial charge in [-0.25, -0.2) is 9.18 Å². The van der Waals surface area contributed by atoms with Crippen LogP contribution < -0.4 is 4.74 Å². The lowest BCUT2D eigenvalue weighted by Gasteiger charge is -2.35. The summed E-state index contributed by atoms with van der Waals surface area (Å²) in [5.41, 5.74) is 0.433. The minimum Gasteiger partial charge on any atom is -0.489 e. The van der Waals surface area contributed by atoms with Crippen LogP contribution in [0.25, 0.3) is 10.9 Å². The van der Waals surface area contributed by atoms with Crippen molar-refractivity contribution in [2.45, 2.75) is 110 Å². The number of likely N-dealkylation sites (N-methyl/N-ethyl adjacent to an activating group) is 1. The van der Waals surface area contributed by atoms with Gasteiger partial charge in [-0.1, -0.05) is 37.5 Å². The predicted molar refractivity (Wildman–Crippen MR) is 186 cm³/mol. The van der Waals surface area contributed by atoms with E-state index >= 15 is 0 Å². The highest BCUT2D eigenvalue weighted by Crippen LogP contribution is 2.36. The number of amides is 2. The van der Waals surface area contributed by atoms with Crippen molar-refractivity contribution in [3.63, 3.8) is 0 Å². The second-order valence-electron chi connectivity index (χ2n) is 14.8. The van der Waals surface area contributed by atoms with Crippen LogP contribution in [0, 0.1) is 17.7 Å². The van der Waals surface area contributed by atoms with E-state index in [1.54, 1.807) is 47.0 Å². The molecule has 5 rings (SSSR count). The molecule has 3 aromatic rings. The molecule has 0 N–H and O–H groups in total. The number of ether oxygens (including phenoxy) is 2. The molecular weight excluding hydrogens is 625 g/mol. The van der Waals surface area contributed by atoms with Gasteiger partial charge in [-0.05, 0) is 83.7 Å². The Morgan fingerprint density at radius 2 is 1.71 bits per heavy atom. The summed E-state index contributed by atoms with van der Waals surface area (Å²) in [6, 6.07) is 12.8. The van der Waals surface area contributed by atoms with Crippen molar-refractivity contribution >= 4 is 34.5 Å². The topological polar surface area (TPSA) is 98.1 Å². The number of hydrogen-bond donors (Lipinski definition) is 0. The third-order valence-corrected chi connectivity index (χ3v) is 10.0. The number of ketones is 2. The summed E-state index contributed by atoms with van der Waals surface area (Å²) in [5.74, 6) is -0.671. The molecule has 4 atom stereocenters. The molecule has 1 aliphatic heterocycles. The number of nitrogens with zero attached hydrogens (tertiary/aromatic N) is 3. The summed E-state index contributed by atoms with van der Waals surface area (Å²) in [7, 11) is 1.55. The molecular formula is C39H50FN3O6. The maximum atomic E-state index is 14.8. The van der Waals surface area contributed by atoms with E-state index in [0.29, 0.717) is 41.7 Å². The Hall–Kier alpha value is -4.21. The van der Waals surface area contributed by atoms with E-state index in [9.17, 15) is 23.6 Å². The number of carbonyl (C=O) groups is 4. The quantitative estimate of drug-likeness (QED) is 0.196. The molecule has 1 aliphatic carbocycles. The highest BCUT2D eigenvalue weighted by Gasteiger charge is 2.43. The van der Waals surface area contributed by atoms with Gasteiger partial charge in [0.25, 0.3) is 0 Å². The first-order chi connectivity index (χ1) is 23.2. The van der Waals surface area contributed by atoms with Gasteiger partial charge in [0.05, 0.1) is 18.6 Å². The molecule has 49 heavy (non-hydrogen) atoms. The van der Waals surface area contributed by atoms with Crippen molar-refractivity contribution < 1.29 is 33.0 Å². The van der Waals surface area contributed by atoms with Gasteiger partial charge in [0.15, 0.2) is 11.6 Å². The van der Waals surface area contributed by atoms with Gasteiger partial charge < -0.3 is 23.8 Å². The van der Waals surface area contributed by atoms with Gasteiger partial charge >= 0.3 is 6.09 Å². The summed E-state index contributed by atoms with van der Waals surface area (Å²) in [5, 5.41) is 0.536. The Morgan fingerprint density at radius 1 is 1.02 bits per heavy atom. The Balaban J connectivity index is 1.44. The number of carbonyl (C=O) groups excluding carboxylic acids is 4. The Labute approximate surface area is 288 Å². The maximum Gasteiger partial charge on any atom is 0.410 e. The standard InChI is InChI=1S/C39H50FN3O6/c1-25(41(6)38(47)49-39(3,4)5)36(45)21-32(27-13-9-7-10-14-27)37(46)43-23-31(48-30-15-11-8-12-16-30)20-29(43)22-42-24-34(26(2)44)33-19-28(40)17-18-35(33)42/h8,11-12,15-19,24-25,27,29,31-32H,7,9-10,13-14,20-23H2,1-6H3/t25-,29-,31-,32-/m0/s1. The van der Waals surface area contributed by atoms with E-state index < -0.39 is 29.5 Å². The predicted octanol–water partition coefficient (Wildman–Crippen LogP) is 7.44. The Kier molecular flexibility index (Phi) is 11.1. The second kappa shape index (κ2) is 15.1. The number of para-hydroxylation sites is 1. The van der Waals surface area contributed by atoms with Crippen molar-refractivity contribution in [2.75, 3.05) is 13.6 Å². The van der Waals surface area contributed by atoms with Crippen LogP contribution in [0.15, 0.2) is 54.7 Å². The average molecular weight is 676 g/mol. The van der Waals surface area contributed by atoms with Gasteiger partial charge in [0.2, 0.25) is 5.91 Å². The monoisotopic (exact) mass is 675 g/mol. The van der Waals surface area contributed by atoms with E-state index in [4.69, 9.17) is 9.47 Å². The van der Waals surface area contributed by atoms with Crippen molar-refractivity contribution in [3.8, 4) is 5.75 Å². The van der Waals surface area contributed by atoms with Crippen LogP contribution in [0.5, 0.6) is 5.75 Å².